The van der Waals surface area contributed by atoms with Crippen molar-refractivity contribution < 1.29 is 48.7 Å². The highest BCUT2D eigenvalue weighted by Crippen LogP contribution is 2.47. The third-order valence-corrected chi connectivity index (χ3v) is 8.46. The van der Waals surface area contributed by atoms with Gasteiger partial charge in [-0.3, -0.25) is 4.79 Å². The summed E-state index contributed by atoms with van der Waals surface area (Å²) >= 11 is 6.31. The lowest BCUT2D eigenvalue weighted by Gasteiger charge is -2.36. The number of hydrogen-bond acceptors (Lipinski definition) is 5. The third-order valence-electron chi connectivity index (χ3n) is 5.40. The molecule has 0 amide bonds. The second kappa shape index (κ2) is 12.3. The van der Waals surface area contributed by atoms with Crippen molar-refractivity contribution in [1.29, 1.82) is 0 Å². The van der Waals surface area contributed by atoms with E-state index >= 15 is 0 Å². The lowest BCUT2D eigenvalue weighted by atomic mass is 9.90. The molecule has 2 unspecified atom stereocenters. The third kappa shape index (κ3) is 8.29. The molecule has 1 aromatic heterocycles. The summed E-state index contributed by atoms with van der Waals surface area (Å²) < 4.78 is 127. The summed E-state index contributed by atoms with van der Waals surface area (Å²) in [6, 6.07) is 6.56. The monoisotopic (exact) mass is 597 g/mol. The molecule has 0 aliphatic heterocycles. The molecular weight excluding hydrogens is 575 g/mol. The van der Waals surface area contributed by atoms with E-state index in [0.29, 0.717) is 16.2 Å². The largest absolute Gasteiger partial charge is 0.469 e. The number of nitrogens with one attached hydrogen (secondary N) is 1. The molecule has 1 aromatic carbocycles. The van der Waals surface area contributed by atoms with E-state index in [4.69, 9.17) is 11.6 Å². The van der Waals surface area contributed by atoms with Crippen LogP contribution in [-0.4, -0.2) is 40.0 Å². The number of aryl methyl sites for hydroxylation is 1. The van der Waals surface area contributed by atoms with E-state index in [9.17, 15) is 43.9 Å². The lowest BCUT2D eigenvalue weighted by molar-refractivity contribution is -0.199. The van der Waals surface area contributed by atoms with E-state index in [1.165, 1.54) is 13.2 Å². The van der Waals surface area contributed by atoms with Crippen molar-refractivity contribution in [3.8, 4) is 0 Å². The summed E-state index contributed by atoms with van der Waals surface area (Å²) in [5, 5.41) is 0.122. The first-order valence-electron chi connectivity index (χ1n) is 10.7. The Hall–Kier alpha value is -1.90. The average molecular weight is 598 g/mol. The first kappa shape index (κ1) is 31.3. The van der Waals surface area contributed by atoms with Gasteiger partial charge in [-0.15, -0.1) is 11.3 Å². The summed E-state index contributed by atoms with van der Waals surface area (Å²) in [7, 11) is -3.69. The zero-order valence-electron chi connectivity index (χ0n) is 19.3. The number of halogens is 8. The fraction of sp³-hybridized carbons (Fsp3) is 0.500. The van der Waals surface area contributed by atoms with E-state index in [0.717, 1.165) is 30.3 Å². The van der Waals surface area contributed by atoms with Gasteiger partial charge in [0.15, 0.2) is 11.7 Å². The Labute approximate surface area is 218 Å². The van der Waals surface area contributed by atoms with Crippen LogP contribution in [-0.2, 0) is 31.5 Å². The molecule has 1 heterocycles. The van der Waals surface area contributed by atoms with Crippen molar-refractivity contribution in [1.82, 2.24) is 4.72 Å². The number of methoxy groups -OCH3 is 1. The Kier molecular flexibility index (Phi) is 10.4. The van der Waals surface area contributed by atoms with Gasteiger partial charge < -0.3 is 4.74 Å². The number of carbonyl (C=O) groups is 1. The fourth-order valence-corrected chi connectivity index (χ4v) is 6.26. The van der Waals surface area contributed by atoms with Gasteiger partial charge in [-0.25, -0.2) is 12.8 Å². The smallest absolute Gasteiger partial charge is 0.419 e. The molecule has 2 aromatic rings. The van der Waals surface area contributed by atoms with Crippen molar-refractivity contribution >= 4 is 38.9 Å². The molecule has 0 fully saturated rings. The van der Waals surface area contributed by atoms with Crippen LogP contribution in [0.2, 0.25) is 5.02 Å². The summed E-state index contributed by atoms with van der Waals surface area (Å²) in [4.78, 5) is 10.6. The highest BCUT2D eigenvalue weighted by atomic mass is 35.5. The maximum atomic E-state index is 14.6. The van der Waals surface area contributed by atoms with Gasteiger partial charge >= 0.3 is 18.3 Å². The van der Waals surface area contributed by atoms with Gasteiger partial charge in [0.2, 0.25) is 10.0 Å². The number of thiophene rings is 1. The molecule has 0 bridgehead atoms. The number of esters is 1. The van der Waals surface area contributed by atoms with Crippen LogP contribution < -0.4 is 4.72 Å². The molecule has 0 aliphatic rings. The van der Waals surface area contributed by atoms with Crippen LogP contribution in [0.25, 0.3) is 0 Å². The van der Waals surface area contributed by atoms with Gasteiger partial charge in [0.05, 0.1) is 12.0 Å². The number of ether oxygens (including phenoxy) is 1. The fourth-order valence-electron chi connectivity index (χ4n) is 3.43. The van der Waals surface area contributed by atoms with Crippen molar-refractivity contribution in [2.45, 2.75) is 67.5 Å². The van der Waals surface area contributed by atoms with Crippen LogP contribution in [0.5, 0.6) is 0 Å². The second-order valence-electron chi connectivity index (χ2n) is 8.06. The normalized spacial score (nSPS) is 15.3. The highest BCUT2D eigenvalue weighted by molar-refractivity contribution is 7.89. The molecule has 0 spiro atoms. The maximum Gasteiger partial charge on any atom is 0.419 e. The number of benzene rings is 1. The standard InChI is InChI=1S/C22H23ClF7NO4S2/c1-35-19(32)6-2-4-15-9-12-18(36-15)20(22(28,29)30,13-3-5-17(24)21(25,26)27)31-37(33,34)16-10-7-14(23)8-11-16/h7-12,17,31H,2-6,13H2,1H3. The van der Waals surface area contributed by atoms with Crippen LogP contribution >= 0.6 is 22.9 Å². The van der Waals surface area contributed by atoms with Gasteiger partial charge in [0.25, 0.3) is 0 Å². The second-order valence-corrected chi connectivity index (χ2v) is 11.3. The van der Waals surface area contributed by atoms with Crippen LogP contribution in [0, 0.1) is 0 Å². The van der Waals surface area contributed by atoms with Gasteiger partial charge in [0, 0.05) is 21.2 Å². The van der Waals surface area contributed by atoms with Gasteiger partial charge in [-0.2, -0.15) is 31.1 Å². The quantitative estimate of drug-likeness (QED) is 0.218. The molecule has 5 nitrogen and oxygen atoms in total. The molecule has 1 N–H and O–H groups in total. The van der Waals surface area contributed by atoms with E-state index in [1.54, 1.807) is 4.72 Å². The summed E-state index contributed by atoms with van der Waals surface area (Å²) in [6.07, 6.45) is -17.0. The minimum Gasteiger partial charge on any atom is -0.469 e. The number of rotatable bonds is 12. The summed E-state index contributed by atoms with van der Waals surface area (Å²) in [5.74, 6) is -0.525. The summed E-state index contributed by atoms with van der Waals surface area (Å²) in [5.41, 5.74) is -3.35. The molecule has 2 rings (SSSR count). The van der Waals surface area contributed by atoms with Crippen LogP contribution in [0.1, 0.15) is 41.9 Å². The topological polar surface area (TPSA) is 72.5 Å². The molecule has 0 saturated carbocycles. The molecular formula is C22H23ClF7NO4S2. The zero-order valence-corrected chi connectivity index (χ0v) is 21.6. The Morgan fingerprint density at radius 2 is 1.68 bits per heavy atom. The van der Waals surface area contributed by atoms with Crippen molar-refractivity contribution in [3.05, 3.63) is 51.2 Å². The Morgan fingerprint density at radius 3 is 2.22 bits per heavy atom. The van der Waals surface area contributed by atoms with Gasteiger partial charge in [0.1, 0.15) is 0 Å². The number of sulfonamides is 1. The molecule has 2 atom stereocenters. The van der Waals surface area contributed by atoms with E-state index < -0.39 is 69.1 Å². The minimum atomic E-state index is -5.31. The first-order valence-corrected chi connectivity index (χ1v) is 13.4. The van der Waals surface area contributed by atoms with Crippen LogP contribution in [0.15, 0.2) is 41.3 Å². The van der Waals surface area contributed by atoms with E-state index in [-0.39, 0.29) is 24.3 Å². The summed E-state index contributed by atoms with van der Waals surface area (Å²) in [6.45, 7) is 0. The predicted molar refractivity (Wildman–Crippen MR) is 124 cm³/mol. The minimum absolute atomic E-state index is 0.00727. The molecule has 0 radical (unpaired) electrons. The van der Waals surface area contributed by atoms with Crippen molar-refractivity contribution in [3.63, 3.8) is 0 Å². The first-order chi connectivity index (χ1) is 17.0. The average Bonchev–Trinajstić information content (AvgIpc) is 3.26. The highest BCUT2D eigenvalue weighted by Gasteiger charge is 2.58. The molecule has 0 aliphatic carbocycles. The van der Waals surface area contributed by atoms with Crippen LogP contribution in [0.3, 0.4) is 0 Å². The molecule has 37 heavy (non-hydrogen) atoms. The lowest BCUT2D eigenvalue weighted by Crippen LogP contribution is -2.55. The van der Waals surface area contributed by atoms with E-state index in [2.05, 4.69) is 4.74 Å². The molecule has 208 valence electrons. The number of alkyl halides is 7. The zero-order chi connectivity index (χ0) is 28.1. The van der Waals surface area contributed by atoms with Gasteiger partial charge in [-0.05, 0) is 68.5 Å². The number of hydrogen-bond donors (Lipinski definition) is 1. The number of carbonyl (C=O) groups excluding carboxylic acids is 1. The van der Waals surface area contributed by atoms with Crippen molar-refractivity contribution in [2.24, 2.45) is 0 Å². The Morgan fingerprint density at radius 1 is 1.05 bits per heavy atom. The SMILES string of the molecule is COC(=O)CCCc1ccc(C(CCCC(F)C(F)(F)F)(NS(=O)(=O)c2ccc(Cl)cc2)C(F)(F)F)s1. The Balaban J connectivity index is 2.47. The molecule has 0 saturated heterocycles. The molecule has 15 heteroatoms. The van der Waals surface area contributed by atoms with Crippen molar-refractivity contribution in [2.75, 3.05) is 7.11 Å². The van der Waals surface area contributed by atoms with Crippen LogP contribution in [0.4, 0.5) is 30.7 Å². The van der Waals surface area contributed by atoms with Gasteiger partial charge in [-0.1, -0.05) is 11.6 Å². The maximum absolute atomic E-state index is 14.6. The Bertz CT molecular complexity index is 1150. The predicted octanol–water partition coefficient (Wildman–Crippen LogP) is 6.70. The van der Waals surface area contributed by atoms with E-state index in [1.807, 2.05) is 0 Å².